The average molecular weight is 256 g/mol. The molecule has 108 valence electrons. The van der Waals surface area contributed by atoms with Crippen molar-refractivity contribution >= 4 is 0 Å². The van der Waals surface area contributed by atoms with E-state index in [0.29, 0.717) is 6.04 Å². The van der Waals surface area contributed by atoms with Crippen molar-refractivity contribution in [3.05, 3.63) is 0 Å². The van der Waals surface area contributed by atoms with Gasteiger partial charge in [-0.1, -0.05) is 32.6 Å². The first-order valence-electron chi connectivity index (χ1n) is 7.60. The second kappa shape index (κ2) is 8.13. The first kappa shape index (κ1) is 15.9. The molecule has 1 aliphatic carbocycles. The summed E-state index contributed by atoms with van der Waals surface area (Å²) in [5.41, 5.74) is 0.277. The molecule has 1 aliphatic rings. The first-order chi connectivity index (χ1) is 8.67. The SMILES string of the molecule is CCCOCC(NC)C1(N(C)C)CCCCCC1. The van der Waals surface area contributed by atoms with Crippen molar-refractivity contribution in [3.8, 4) is 0 Å². The third-order valence-electron chi connectivity index (χ3n) is 4.49. The minimum Gasteiger partial charge on any atom is -0.380 e. The first-order valence-corrected chi connectivity index (χ1v) is 7.60. The molecule has 1 rings (SSSR count). The molecule has 0 spiro atoms. The van der Waals surface area contributed by atoms with E-state index >= 15 is 0 Å². The van der Waals surface area contributed by atoms with Gasteiger partial charge in [0, 0.05) is 18.2 Å². The molecule has 0 aromatic carbocycles. The second-order valence-corrected chi connectivity index (χ2v) is 5.83. The van der Waals surface area contributed by atoms with Crippen molar-refractivity contribution in [1.82, 2.24) is 10.2 Å². The van der Waals surface area contributed by atoms with E-state index < -0.39 is 0 Å². The van der Waals surface area contributed by atoms with Crippen molar-refractivity contribution < 1.29 is 4.74 Å². The molecule has 0 bridgehead atoms. The summed E-state index contributed by atoms with van der Waals surface area (Å²) in [5, 5.41) is 3.51. The third kappa shape index (κ3) is 3.94. The van der Waals surface area contributed by atoms with Crippen LogP contribution in [-0.4, -0.2) is 50.8 Å². The van der Waals surface area contributed by atoms with Crippen LogP contribution in [0.5, 0.6) is 0 Å². The molecule has 0 amide bonds. The van der Waals surface area contributed by atoms with E-state index in [1.165, 1.54) is 38.5 Å². The lowest BCUT2D eigenvalue weighted by atomic mass is 9.81. The van der Waals surface area contributed by atoms with Crippen LogP contribution in [0.25, 0.3) is 0 Å². The fourth-order valence-corrected chi connectivity index (χ4v) is 3.30. The van der Waals surface area contributed by atoms with Crippen LogP contribution in [0.1, 0.15) is 51.9 Å². The van der Waals surface area contributed by atoms with Crippen LogP contribution in [0.4, 0.5) is 0 Å². The Morgan fingerprint density at radius 2 is 1.78 bits per heavy atom. The fraction of sp³-hybridized carbons (Fsp3) is 1.00. The predicted molar refractivity (Wildman–Crippen MR) is 78.1 cm³/mol. The van der Waals surface area contributed by atoms with E-state index in [2.05, 4.69) is 38.3 Å². The number of hydrogen-bond acceptors (Lipinski definition) is 3. The predicted octanol–water partition coefficient (Wildman–Crippen LogP) is 2.66. The maximum Gasteiger partial charge on any atom is 0.0637 e. The molecule has 1 atom stereocenters. The van der Waals surface area contributed by atoms with E-state index in [0.717, 1.165) is 19.6 Å². The summed E-state index contributed by atoms with van der Waals surface area (Å²) >= 11 is 0. The van der Waals surface area contributed by atoms with Crippen LogP contribution < -0.4 is 5.32 Å². The van der Waals surface area contributed by atoms with E-state index in [1.54, 1.807) is 0 Å². The minimum absolute atomic E-state index is 0.277. The van der Waals surface area contributed by atoms with E-state index in [9.17, 15) is 0 Å². The van der Waals surface area contributed by atoms with Gasteiger partial charge in [-0.2, -0.15) is 0 Å². The van der Waals surface area contributed by atoms with Crippen molar-refractivity contribution in [2.24, 2.45) is 0 Å². The number of likely N-dealkylation sites (N-methyl/N-ethyl adjacent to an activating group) is 2. The van der Waals surface area contributed by atoms with Gasteiger partial charge in [-0.3, -0.25) is 0 Å². The Bertz CT molecular complexity index is 211. The van der Waals surface area contributed by atoms with Crippen LogP contribution in [0.15, 0.2) is 0 Å². The summed E-state index contributed by atoms with van der Waals surface area (Å²) in [4.78, 5) is 2.44. The molecule has 1 unspecified atom stereocenters. The van der Waals surface area contributed by atoms with Crippen molar-refractivity contribution in [2.45, 2.75) is 63.5 Å². The number of nitrogens with one attached hydrogen (secondary N) is 1. The van der Waals surface area contributed by atoms with Crippen LogP contribution in [0, 0.1) is 0 Å². The lowest BCUT2D eigenvalue weighted by molar-refractivity contribution is 0.0232. The van der Waals surface area contributed by atoms with E-state index in [4.69, 9.17) is 4.74 Å². The summed E-state index contributed by atoms with van der Waals surface area (Å²) in [6.45, 7) is 3.88. The largest absolute Gasteiger partial charge is 0.380 e. The van der Waals surface area contributed by atoms with Gasteiger partial charge < -0.3 is 15.0 Å². The standard InChI is InChI=1S/C15H32N2O/c1-5-12-18-13-14(16-2)15(17(3)4)10-8-6-7-9-11-15/h14,16H,5-13H2,1-4H3. The highest BCUT2D eigenvalue weighted by Gasteiger charge is 2.40. The Balaban J connectivity index is 2.71. The number of hydrogen-bond donors (Lipinski definition) is 1. The summed E-state index contributed by atoms with van der Waals surface area (Å²) in [5.74, 6) is 0. The minimum atomic E-state index is 0.277. The van der Waals surface area contributed by atoms with Gasteiger partial charge in [0.15, 0.2) is 0 Å². The molecular formula is C15H32N2O. The van der Waals surface area contributed by atoms with Gasteiger partial charge in [-0.15, -0.1) is 0 Å². The van der Waals surface area contributed by atoms with Gasteiger partial charge in [-0.25, -0.2) is 0 Å². The van der Waals surface area contributed by atoms with E-state index in [1.807, 2.05) is 0 Å². The molecule has 18 heavy (non-hydrogen) atoms. The maximum absolute atomic E-state index is 5.82. The van der Waals surface area contributed by atoms with Crippen molar-refractivity contribution in [2.75, 3.05) is 34.4 Å². The molecule has 0 saturated heterocycles. The number of nitrogens with zero attached hydrogens (tertiary/aromatic N) is 1. The monoisotopic (exact) mass is 256 g/mol. The highest BCUT2D eigenvalue weighted by atomic mass is 16.5. The zero-order valence-electron chi connectivity index (χ0n) is 12.8. The molecule has 1 saturated carbocycles. The number of ether oxygens (including phenoxy) is 1. The maximum atomic E-state index is 5.82. The summed E-state index contributed by atoms with van der Waals surface area (Å²) in [6.07, 6.45) is 9.17. The number of rotatable bonds is 7. The normalized spacial score (nSPS) is 21.8. The molecular weight excluding hydrogens is 224 g/mol. The highest BCUT2D eigenvalue weighted by molar-refractivity contribution is 4.99. The van der Waals surface area contributed by atoms with Gasteiger partial charge >= 0.3 is 0 Å². The summed E-state index contributed by atoms with van der Waals surface area (Å²) in [6, 6.07) is 0.442. The van der Waals surface area contributed by atoms with Gasteiger partial charge in [-0.05, 0) is 40.4 Å². The average Bonchev–Trinajstić information content (AvgIpc) is 2.61. The molecule has 0 aliphatic heterocycles. The Morgan fingerprint density at radius 3 is 2.22 bits per heavy atom. The quantitative estimate of drug-likeness (QED) is 0.560. The summed E-state index contributed by atoms with van der Waals surface area (Å²) < 4.78 is 5.82. The fourth-order valence-electron chi connectivity index (χ4n) is 3.30. The van der Waals surface area contributed by atoms with Gasteiger partial charge in [0.2, 0.25) is 0 Å². The van der Waals surface area contributed by atoms with Crippen LogP contribution in [0.3, 0.4) is 0 Å². The van der Waals surface area contributed by atoms with Crippen molar-refractivity contribution in [3.63, 3.8) is 0 Å². The smallest absolute Gasteiger partial charge is 0.0637 e. The molecule has 3 heteroatoms. The van der Waals surface area contributed by atoms with E-state index in [-0.39, 0.29) is 5.54 Å². The molecule has 0 aromatic heterocycles. The van der Waals surface area contributed by atoms with Crippen LogP contribution in [-0.2, 0) is 4.74 Å². The summed E-state index contributed by atoms with van der Waals surface area (Å²) in [7, 11) is 6.54. The van der Waals surface area contributed by atoms with Gasteiger partial charge in [0.05, 0.1) is 6.61 Å². The lowest BCUT2D eigenvalue weighted by Gasteiger charge is -2.45. The topological polar surface area (TPSA) is 24.5 Å². The van der Waals surface area contributed by atoms with Crippen LogP contribution >= 0.6 is 0 Å². The lowest BCUT2D eigenvalue weighted by Crippen LogP contribution is -2.60. The Kier molecular flexibility index (Phi) is 7.20. The molecule has 3 nitrogen and oxygen atoms in total. The second-order valence-electron chi connectivity index (χ2n) is 5.83. The molecule has 0 radical (unpaired) electrons. The molecule has 0 heterocycles. The van der Waals surface area contributed by atoms with Crippen LogP contribution in [0.2, 0.25) is 0 Å². The molecule has 0 aromatic rings. The third-order valence-corrected chi connectivity index (χ3v) is 4.49. The van der Waals surface area contributed by atoms with Crippen molar-refractivity contribution in [1.29, 1.82) is 0 Å². The van der Waals surface area contributed by atoms with Gasteiger partial charge in [0.25, 0.3) is 0 Å². The Hall–Kier alpha value is -0.120. The van der Waals surface area contributed by atoms with Gasteiger partial charge in [0.1, 0.15) is 0 Å². The zero-order valence-corrected chi connectivity index (χ0v) is 12.8. The molecule has 1 N–H and O–H groups in total. The highest BCUT2D eigenvalue weighted by Crippen LogP contribution is 2.34. The Labute approximate surface area is 113 Å². The Morgan fingerprint density at radius 1 is 1.17 bits per heavy atom. The zero-order chi connectivity index (χ0) is 13.4. The molecule has 1 fully saturated rings.